The van der Waals surface area contributed by atoms with Crippen LogP contribution in [0.15, 0.2) is 18.6 Å². The molecular formula is C17H12I3N4PS. The highest BCUT2D eigenvalue weighted by molar-refractivity contribution is 14.3. The quantitative estimate of drug-likeness (QED) is 0.164. The Labute approximate surface area is 196 Å². The van der Waals surface area contributed by atoms with Crippen molar-refractivity contribution in [3.05, 3.63) is 39.1 Å². The molecule has 4 heterocycles. The Morgan fingerprint density at radius 2 is 2.12 bits per heavy atom. The van der Waals surface area contributed by atoms with E-state index in [2.05, 4.69) is 110 Å². The van der Waals surface area contributed by atoms with Gasteiger partial charge in [-0.1, -0.05) is 0 Å². The van der Waals surface area contributed by atoms with Crippen molar-refractivity contribution in [2.45, 2.75) is 26.3 Å². The Bertz CT molecular complexity index is 1070. The predicted molar refractivity (Wildman–Crippen MR) is 136 cm³/mol. The van der Waals surface area contributed by atoms with Crippen molar-refractivity contribution in [2.75, 3.05) is 0 Å². The Balaban J connectivity index is 1.86. The van der Waals surface area contributed by atoms with Crippen LogP contribution < -0.4 is 0 Å². The fraction of sp³-hybridized carbons (Fsp3) is 0.235. The van der Waals surface area contributed by atoms with Gasteiger partial charge in [-0.2, -0.15) is 0 Å². The highest BCUT2D eigenvalue weighted by Crippen LogP contribution is 2.64. The van der Waals surface area contributed by atoms with Crippen LogP contribution in [0.3, 0.4) is 0 Å². The fourth-order valence-electron chi connectivity index (χ4n) is 3.27. The number of fused-ring (bicyclic) bond motifs is 5. The first-order chi connectivity index (χ1) is 12.6. The van der Waals surface area contributed by atoms with Crippen LogP contribution in [0.25, 0.3) is 22.3 Å². The van der Waals surface area contributed by atoms with E-state index < -0.39 is 0 Å². The monoisotopic (exact) mass is 716 g/mol. The lowest BCUT2D eigenvalue weighted by molar-refractivity contribution is 0.675. The second-order valence-electron chi connectivity index (χ2n) is 5.82. The molecule has 4 rings (SSSR count). The first-order valence-electron chi connectivity index (χ1n) is 7.84. The minimum Gasteiger partial charge on any atom is -0.324 e. The molecule has 0 N–H and O–H groups in total. The molecule has 0 radical (unpaired) electrons. The van der Waals surface area contributed by atoms with E-state index >= 15 is 0 Å². The summed E-state index contributed by atoms with van der Waals surface area (Å²) >= 11 is 8.94. The summed E-state index contributed by atoms with van der Waals surface area (Å²) in [6, 6.07) is 2.16. The molecule has 0 atom stereocenters. The number of aryl methyl sites for hydroxylation is 3. The summed E-state index contributed by atoms with van der Waals surface area (Å²) in [7, 11) is 0. The summed E-state index contributed by atoms with van der Waals surface area (Å²) in [5, 5.41) is 4.34. The molecule has 1 aliphatic heterocycles. The molecule has 26 heavy (non-hydrogen) atoms. The third-order valence-corrected chi connectivity index (χ3v) is 9.95. The van der Waals surface area contributed by atoms with E-state index in [9.17, 15) is 0 Å². The van der Waals surface area contributed by atoms with Gasteiger partial charge in [0.25, 0.3) is 0 Å². The molecule has 0 aromatic carbocycles. The van der Waals surface area contributed by atoms with Gasteiger partial charge in [0.05, 0.1) is 22.8 Å². The van der Waals surface area contributed by atoms with Gasteiger partial charge in [-0.05, 0) is 121 Å². The number of rotatable bonds is 1. The van der Waals surface area contributed by atoms with E-state index in [1.807, 2.05) is 6.20 Å². The average Bonchev–Trinajstić information content (AvgIpc) is 2.77. The third kappa shape index (κ3) is 3.75. The van der Waals surface area contributed by atoms with E-state index in [0.29, 0.717) is 0 Å². The Morgan fingerprint density at radius 1 is 1.27 bits per heavy atom. The number of hydrogen-bond acceptors (Lipinski definition) is 4. The highest BCUT2D eigenvalue weighted by Gasteiger charge is 2.24. The minimum atomic E-state index is -0.126. The smallest absolute Gasteiger partial charge is 0.145 e. The molecular weight excluding hydrogens is 704 g/mol. The van der Waals surface area contributed by atoms with Crippen molar-refractivity contribution in [3.8, 4) is 22.4 Å². The first kappa shape index (κ1) is 19.6. The maximum atomic E-state index is 4.63. The van der Waals surface area contributed by atoms with Crippen LogP contribution in [0.1, 0.15) is 23.4 Å². The van der Waals surface area contributed by atoms with Gasteiger partial charge in [0.2, 0.25) is 0 Å². The molecule has 3 aromatic heterocycles. The molecule has 0 saturated carbocycles. The summed E-state index contributed by atoms with van der Waals surface area (Å²) in [5.41, 5.74) is 6.67. The SMILES string of the molecule is Cc1ncnc2c1c(I)c1n2CCCc2cc(C#CSP(I)I)ncc2-1. The molecule has 0 bridgehead atoms. The third-order valence-electron chi connectivity index (χ3n) is 4.34. The maximum Gasteiger partial charge on any atom is 0.145 e. The first-order valence-corrected chi connectivity index (χ1v) is 17.3. The second-order valence-corrected chi connectivity index (χ2v) is 24.6. The van der Waals surface area contributed by atoms with Gasteiger partial charge in [-0.25, -0.2) is 15.0 Å². The van der Waals surface area contributed by atoms with E-state index in [4.69, 9.17) is 0 Å². The second kappa shape index (κ2) is 8.35. The molecule has 1 aliphatic rings. The zero-order valence-electron chi connectivity index (χ0n) is 13.6. The van der Waals surface area contributed by atoms with Crippen molar-refractivity contribution < 1.29 is 0 Å². The summed E-state index contributed by atoms with van der Waals surface area (Å²) in [6.07, 6.45) is 5.77. The molecule has 0 spiro atoms. The zero-order valence-corrected chi connectivity index (χ0v) is 21.8. The van der Waals surface area contributed by atoms with Gasteiger partial charge >= 0.3 is 0 Å². The maximum absolute atomic E-state index is 4.63. The summed E-state index contributed by atoms with van der Waals surface area (Å²) in [5.74, 6) is 3.20. The Hall–Kier alpha value is 0.300. The van der Waals surface area contributed by atoms with Crippen LogP contribution in [0.5, 0.6) is 0 Å². The van der Waals surface area contributed by atoms with Crippen molar-refractivity contribution in [1.29, 1.82) is 0 Å². The van der Waals surface area contributed by atoms with Gasteiger partial charge in [0.15, 0.2) is 0 Å². The molecule has 0 aliphatic carbocycles. The van der Waals surface area contributed by atoms with Gasteiger partial charge in [0, 0.05) is 18.3 Å². The molecule has 0 fully saturated rings. The lowest BCUT2D eigenvalue weighted by Crippen LogP contribution is -2.00. The number of pyridine rings is 1. The van der Waals surface area contributed by atoms with Crippen LogP contribution >= 0.6 is 80.5 Å². The van der Waals surface area contributed by atoms with Gasteiger partial charge in [-0.15, -0.1) is 0 Å². The number of nitrogens with zero attached hydrogens (tertiary/aromatic N) is 4. The Morgan fingerprint density at radius 3 is 2.92 bits per heavy atom. The van der Waals surface area contributed by atoms with Crippen molar-refractivity contribution in [2.24, 2.45) is 0 Å². The fourth-order valence-corrected chi connectivity index (χ4v) is 6.82. The predicted octanol–water partition coefficient (Wildman–Crippen LogP) is 6.49. The standard InChI is InChI=1S/C17H12I3N4PS/c1-10-14-15(18)16-13-8-21-12(4-6-26-25(19)20)7-11(13)3-2-5-24(16)17(14)23-9-22-10/h7-9H,2-3,5H2,1H3. The van der Waals surface area contributed by atoms with Crippen molar-refractivity contribution in [1.82, 2.24) is 19.5 Å². The van der Waals surface area contributed by atoms with Crippen LogP contribution in [0.4, 0.5) is 0 Å². The van der Waals surface area contributed by atoms with E-state index in [-0.39, 0.29) is 2.41 Å². The van der Waals surface area contributed by atoms with Crippen LogP contribution in [0.2, 0.25) is 0 Å². The normalized spacial score (nSPS) is 13.1. The van der Waals surface area contributed by atoms with Crippen molar-refractivity contribution >= 4 is 91.5 Å². The van der Waals surface area contributed by atoms with Crippen LogP contribution in [-0.4, -0.2) is 19.5 Å². The van der Waals surface area contributed by atoms with Crippen LogP contribution in [0, 0.1) is 21.7 Å². The summed E-state index contributed by atoms with van der Waals surface area (Å²) in [6.45, 7) is 3.02. The molecule has 132 valence electrons. The average molecular weight is 716 g/mol. The lowest BCUT2D eigenvalue weighted by atomic mass is 10.0. The molecule has 3 aromatic rings. The lowest BCUT2D eigenvalue weighted by Gasteiger charge is -2.08. The molecule has 0 amide bonds. The molecule has 0 unspecified atom stereocenters. The molecule has 4 nitrogen and oxygen atoms in total. The van der Waals surface area contributed by atoms with E-state index in [1.165, 1.54) is 20.4 Å². The minimum absolute atomic E-state index is 0.126. The number of aromatic nitrogens is 4. The van der Waals surface area contributed by atoms with Gasteiger partial charge in [0.1, 0.15) is 17.7 Å². The van der Waals surface area contributed by atoms with E-state index in [0.717, 1.165) is 41.8 Å². The molecule has 0 saturated heterocycles. The van der Waals surface area contributed by atoms with Gasteiger partial charge in [-0.3, -0.25) is 0 Å². The zero-order chi connectivity index (χ0) is 18.3. The van der Waals surface area contributed by atoms with E-state index in [1.54, 1.807) is 17.7 Å². The summed E-state index contributed by atoms with van der Waals surface area (Å²) in [4.78, 5) is 13.6. The van der Waals surface area contributed by atoms with Crippen molar-refractivity contribution in [3.63, 3.8) is 0 Å². The Kier molecular flexibility index (Phi) is 6.30. The largest absolute Gasteiger partial charge is 0.324 e. The highest BCUT2D eigenvalue weighted by atomic mass is 127. The van der Waals surface area contributed by atoms with Crippen LogP contribution in [-0.2, 0) is 13.0 Å². The summed E-state index contributed by atoms with van der Waals surface area (Å²) < 4.78 is 3.42. The van der Waals surface area contributed by atoms with Gasteiger partial charge < -0.3 is 4.57 Å². The number of halogens is 3. The topological polar surface area (TPSA) is 43.6 Å². The molecule has 9 heteroatoms. The number of hydrogen-bond donors (Lipinski definition) is 0.